The van der Waals surface area contributed by atoms with Crippen molar-refractivity contribution < 1.29 is 4.74 Å². The van der Waals surface area contributed by atoms with Crippen molar-refractivity contribution in [2.24, 2.45) is 0 Å². The number of hydrogen-bond donors (Lipinski definition) is 0. The predicted octanol–water partition coefficient (Wildman–Crippen LogP) is 3.59. The first-order valence-corrected chi connectivity index (χ1v) is 4.90. The Balaban J connectivity index is 2.21. The summed E-state index contributed by atoms with van der Waals surface area (Å²) >= 11 is 3.40. The number of benzene rings is 1. The van der Waals surface area contributed by atoms with Crippen LogP contribution in [-0.4, -0.2) is 0 Å². The standard InChI is InChI=1S/C11H9BrO/c12-10-6-4-9(5-7-10)11-3-1-2-8-13-11/h1-8,11H/t11-/m1/s1. The molecule has 2 rings (SSSR count). The summed E-state index contributed by atoms with van der Waals surface area (Å²) < 4.78 is 6.51. The van der Waals surface area contributed by atoms with E-state index in [1.807, 2.05) is 30.4 Å². The molecule has 1 aromatic rings. The molecule has 1 aliphatic rings. The summed E-state index contributed by atoms with van der Waals surface area (Å²) in [6.07, 6.45) is 7.69. The van der Waals surface area contributed by atoms with Gasteiger partial charge < -0.3 is 4.74 Å². The summed E-state index contributed by atoms with van der Waals surface area (Å²) in [5.74, 6) is 0. The highest BCUT2D eigenvalue weighted by Gasteiger charge is 2.08. The van der Waals surface area contributed by atoms with Gasteiger partial charge in [-0.2, -0.15) is 0 Å². The third kappa shape index (κ3) is 2.01. The molecule has 0 bridgehead atoms. The van der Waals surface area contributed by atoms with Crippen molar-refractivity contribution in [2.75, 3.05) is 0 Å². The highest BCUT2D eigenvalue weighted by Crippen LogP contribution is 2.23. The van der Waals surface area contributed by atoms with E-state index in [0.29, 0.717) is 0 Å². The second-order valence-corrected chi connectivity index (χ2v) is 3.74. The van der Waals surface area contributed by atoms with Gasteiger partial charge in [-0.1, -0.05) is 34.1 Å². The number of hydrogen-bond acceptors (Lipinski definition) is 1. The minimum Gasteiger partial charge on any atom is -0.489 e. The summed E-state index contributed by atoms with van der Waals surface area (Å²) in [7, 11) is 0. The predicted molar refractivity (Wildman–Crippen MR) is 56.2 cm³/mol. The molecule has 0 aliphatic carbocycles. The van der Waals surface area contributed by atoms with Crippen LogP contribution in [0.15, 0.2) is 53.2 Å². The minimum absolute atomic E-state index is 0.0677. The Morgan fingerprint density at radius 3 is 2.46 bits per heavy atom. The van der Waals surface area contributed by atoms with Crippen LogP contribution < -0.4 is 0 Å². The summed E-state index contributed by atoms with van der Waals surface area (Å²) in [4.78, 5) is 0. The average molecular weight is 237 g/mol. The van der Waals surface area contributed by atoms with Gasteiger partial charge >= 0.3 is 0 Å². The van der Waals surface area contributed by atoms with Gasteiger partial charge in [-0.15, -0.1) is 0 Å². The third-order valence-corrected chi connectivity index (χ3v) is 2.43. The van der Waals surface area contributed by atoms with Gasteiger partial charge in [0.2, 0.25) is 0 Å². The number of ether oxygens (including phenoxy) is 1. The van der Waals surface area contributed by atoms with Crippen LogP contribution in [0.2, 0.25) is 0 Å². The molecular formula is C11H9BrO. The van der Waals surface area contributed by atoms with Gasteiger partial charge in [0.15, 0.2) is 0 Å². The zero-order chi connectivity index (χ0) is 9.10. The average Bonchev–Trinajstić information content (AvgIpc) is 2.20. The lowest BCUT2D eigenvalue weighted by molar-refractivity contribution is 0.186. The summed E-state index contributed by atoms with van der Waals surface area (Å²) in [5.41, 5.74) is 1.17. The van der Waals surface area contributed by atoms with Crippen LogP contribution >= 0.6 is 15.9 Å². The lowest BCUT2D eigenvalue weighted by Gasteiger charge is -2.14. The van der Waals surface area contributed by atoms with Gasteiger partial charge in [-0.25, -0.2) is 0 Å². The van der Waals surface area contributed by atoms with Crippen molar-refractivity contribution in [3.8, 4) is 0 Å². The summed E-state index contributed by atoms with van der Waals surface area (Å²) in [6, 6.07) is 8.15. The second kappa shape index (κ2) is 3.79. The smallest absolute Gasteiger partial charge is 0.141 e. The van der Waals surface area contributed by atoms with Crippen molar-refractivity contribution in [1.29, 1.82) is 0 Å². The molecule has 0 N–H and O–H groups in total. The van der Waals surface area contributed by atoms with Gasteiger partial charge in [0.1, 0.15) is 6.10 Å². The molecule has 13 heavy (non-hydrogen) atoms. The van der Waals surface area contributed by atoms with Crippen molar-refractivity contribution in [1.82, 2.24) is 0 Å². The minimum atomic E-state index is 0.0677. The highest BCUT2D eigenvalue weighted by atomic mass is 79.9. The van der Waals surface area contributed by atoms with Crippen LogP contribution in [0.3, 0.4) is 0 Å². The molecule has 0 aromatic heterocycles. The van der Waals surface area contributed by atoms with E-state index in [2.05, 4.69) is 28.1 Å². The van der Waals surface area contributed by atoms with Gasteiger partial charge in [0.25, 0.3) is 0 Å². The van der Waals surface area contributed by atoms with E-state index in [1.165, 1.54) is 5.56 Å². The lowest BCUT2D eigenvalue weighted by atomic mass is 10.1. The second-order valence-electron chi connectivity index (χ2n) is 2.82. The van der Waals surface area contributed by atoms with E-state index < -0.39 is 0 Å². The van der Waals surface area contributed by atoms with Crippen molar-refractivity contribution >= 4 is 15.9 Å². The Kier molecular flexibility index (Phi) is 2.50. The fraction of sp³-hybridized carbons (Fsp3) is 0.0909. The molecule has 1 aliphatic heterocycles. The quantitative estimate of drug-likeness (QED) is 0.725. The Hall–Kier alpha value is -1.02. The largest absolute Gasteiger partial charge is 0.489 e. The molecule has 0 fully saturated rings. The van der Waals surface area contributed by atoms with Crippen molar-refractivity contribution in [3.05, 3.63) is 58.8 Å². The lowest BCUT2D eigenvalue weighted by Crippen LogP contribution is -1.98. The highest BCUT2D eigenvalue weighted by molar-refractivity contribution is 9.10. The van der Waals surface area contributed by atoms with E-state index in [4.69, 9.17) is 4.74 Å². The molecule has 0 unspecified atom stereocenters. The van der Waals surface area contributed by atoms with E-state index in [-0.39, 0.29) is 6.10 Å². The van der Waals surface area contributed by atoms with Crippen molar-refractivity contribution in [2.45, 2.75) is 6.10 Å². The molecule has 0 amide bonds. The van der Waals surface area contributed by atoms with Crippen LogP contribution in [0.4, 0.5) is 0 Å². The van der Waals surface area contributed by atoms with Gasteiger partial charge in [-0.05, 0) is 29.8 Å². The monoisotopic (exact) mass is 236 g/mol. The fourth-order valence-corrected chi connectivity index (χ4v) is 1.49. The molecule has 66 valence electrons. The van der Waals surface area contributed by atoms with Crippen LogP contribution in [0.5, 0.6) is 0 Å². The molecule has 0 saturated carbocycles. The molecule has 0 radical (unpaired) electrons. The number of halogens is 1. The Labute approximate surface area is 85.9 Å². The van der Waals surface area contributed by atoms with Crippen molar-refractivity contribution in [3.63, 3.8) is 0 Å². The van der Waals surface area contributed by atoms with Gasteiger partial charge in [0, 0.05) is 4.47 Å². The normalized spacial score (nSPS) is 19.9. The zero-order valence-electron chi connectivity index (χ0n) is 6.98. The van der Waals surface area contributed by atoms with Crippen LogP contribution in [0.1, 0.15) is 11.7 Å². The maximum absolute atomic E-state index is 5.42. The van der Waals surface area contributed by atoms with E-state index >= 15 is 0 Å². The molecule has 1 nitrogen and oxygen atoms in total. The molecule has 1 aromatic carbocycles. The molecule has 0 saturated heterocycles. The molecule has 1 heterocycles. The van der Waals surface area contributed by atoms with Crippen LogP contribution in [0, 0.1) is 0 Å². The van der Waals surface area contributed by atoms with Crippen LogP contribution in [0.25, 0.3) is 0 Å². The first-order chi connectivity index (χ1) is 6.36. The third-order valence-electron chi connectivity index (χ3n) is 1.90. The SMILES string of the molecule is Brc1ccc([C@H]2C=CC=CO2)cc1. The molecule has 1 atom stereocenters. The molecule has 2 heteroatoms. The van der Waals surface area contributed by atoms with E-state index in [1.54, 1.807) is 6.26 Å². The number of rotatable bonds is 1. The van der Waals surface area contributed by atoms with E-state index in [9.17, 15) is 0 Å². The number of allylic oxidation sites excluding steroid dienone is 2. The maximum Gasteiger partial charge on any atom is 0.141 e. The van der Waals surface area contributed by atoms with Gasteiger partial charge in [0.05, 0.1) is 6.26 Å². The van der Waals surface area contributed by atoms with E-state index in [0.717, 1.165) is 4.47 Å². The van der Waals surface area contributed by atoms with Gasteiger partial charge in [-0.3, -0.25) is 0 Å². The fourth-order valence-electron chi connectivity index (χ4n) is 1.23. The Morgan fingerprint density at radius 2 is 1.85 bits per heavy atom. The Bertz CT molecular complexity index is 338. The molecule has 0 spiro atoms. The first-order valence-electron chi connectivity index (χ1n) is 4.10. The van der Waals surface area contributed by atoms with Crippen LogP contribution in [-0.2, 0) is 4.74 Å². The summed E-state index contributed by atoms with van der Waals surface area (Å²) in [5, 5.41) is 0. The zero-order valence-corrected chi connectivity index (χ0v) is 8.57. The molecular weight excluding hydrogens is 228 g/mol. The maximum atomic E-state index is 5.42. The first kappa shape index (κ1) is 8.57. The topological polar surface area (TPSA) is 9.23 Å². The Morgan fingerprint density at radius 1 is 1.08 bits per heavy atom. The summed E-state index contributed by atoms with van der Waals surface area (Å²) in [6.45, 7) is 0.